The smallest absolute Gasteiger partial charge is 0.325 e. The third-order valence-corrected chi connectivity index (χ3v) is 3.37. The van der Waals surface area contributed by atoms with Crippen LogP contribution >= 0.6 is 11.6 Å². The predicted octanol–water partition coefficient (Wildman–Crippen LogP) is 4.20. The summed E-state index contributed by atoms with van der Waals surface area (Å²) in [5.74, 6) is 0.777. The first-order chi connectivity index (χ1) is 9.85. The minimum absolute atomic E-state index is 0.271. The van der Waals surface area contributed by atoms with Gasteiger partial charge in [0.1, 0.15) is 5.82 Å². The van der Waals surface area contributed by atoms with Gasteiger partial charge in [0, 0.05) is 18.3 Å². The van der Waals surface area contributed by atoms with E-state index in [0.717, 1.165) is 0 Å². The summed E-state index contributed by atoms with van der Waals surface area (Å²) in [6, 6.07) is 5.98. The molecule has 112 valence electrons. The van der Waals surface area contributed by atoms with Crippen molar-refractivity contribution in [3.8, 4) is 6.07 Å². The Balaban J connectivity index is 2.56. The van der Waals surface area contributed by atoms with Gasteiger partial charge in [-0.2, -0.15) is 18.4 Å². The zero-order chi connectivity index (χ0) is 15.6. The number of hydrogen-bond acceptors (Lipinski definition) is 2. The minimum Gasteiger partial charge on any atom is -0.325 e. The number of imidazole rings is 1. The van der Waals surface area contributed by atoms with E-state index in [0.29, 0.717) is 28.8 Å². The van der Waals surface area contributed by atoms with Crippen LogP contribution in [0, 0.1) is 11.3 Å². The van der Waals surface area contributed by atoms with E-state index < -0.39 is 18.6 Å². The van der Waals surface area contributed by atoms with E-state index in [1.54, 1.807) is 18.2 Å². The molecule has 1 aromatic heterocycles. The van der Waals surface area contributed by atoms with Crippen LogP contribution in [-0.4, -0.2) is 21.6 Å². The molecule has 0 aliphatic heterocycles. The number of aryl methyl sites for hydroxylation is 1. The molecule has 0 N–H and O–H groups in total. The fraction of sp³-hybridized carbons (Fsp3) is 0.429. The van der Waals surface area contributed by atoms with Gasteiger partial charge in [0.05, 0.1) is 29.1 Å². The molecule has 2 rings (SSSR count). The Morgan fingerprint density at radius 3 is 2.71 bits per heavy atom. The van der Waals surface area contributed by atoms with E-state index in [4.69, 9.17) is 16.9 Å². The maximum absolute atomic E-state index is 12.6. The molecule has 0 bridgehead atoms. The number of aromatic nitrogens is 2. The molecule has 2 aromatic rings. The van der Waals surface area contributed by atoms with Crippen LogP contribution in [0.3, 0.4) is 0 Å². The molecule has 0 saturated heterocycles. The molecule has 0 saturated carbocycles. The summed E-state index contributed by atoms with van der Waals surface area (Å²) in [6.07, 6.45) is -4.84. The Hall–Kier alpha value is -1.74. The number of nitrogens with zero attached hydrogens (tertiary/aromatic N) is 3. The van der Waals surface area contributed by atoms with Gasteiger partial charge in [0.2, 0.25) is 0 Å². The van der Waals surface area contributed by atoms with E-state index in [1.165, 1.54) is 11.5 Å². The first-order valence-electron chi connectivity index (χ1n) is 6.39. The van der Waals surface area contributed by atoms with Gasteiger partial charge >= 0.3 is 6.18 Å². The summed E-state index contributed by atoms with van der Waals surface area (Å²) in [6.45, 7) is 1.49. The molecule has 1 aromatic carbocycles. The van der Waals surface area contributed by atoms with Crippen LogP contribution in [0.1, 0.15) is 30.8 Å². The van der Waals surface area contributed by atoms with Gasteiger partial charge in [-0.3, -0.25) is 0 Å². The van der Waals surface area contributed by atoms with Crippen molar-refractivity contribution in [3.63, 3.8) is 0 Å². The third kappa shape index (κ3) is 3.48. The summed E-state index contributed by atoms with van der Waals surface area (Å²) in [5, 5.41) is 8.94. The highest BCUT2D eigenvalue weighted by Crippen LogP contribution is 2.31. The average Bonchev–Trinajstić information content (AvgIpc) is 2.74. The van der Waals surface area contributed by atoms with Gasteiger partial charge in [-0.25, -0.2) is 4.98 Å². The van der Waals surface area contributed by atoms with E-state index in [9.17, 15) is 13.2 Å². The predicted molar refractivity (Wildman–Crippen MR) is 74.3 cm³/mol. The highest BCUT2D eigenvalue weighted by molar-refractivity contribution is 6.17. The summed E-state index contributed by atoms with van der Waals surface area (Å²) >= 11 is 5.70. The van der Waals surface area contributed by atoms with Gasteiger partial charge in [-0.05, 0) is 25.1 Å². The van der Waals surface area contributed by atoms with Crippen LogP contribution in [-0.2, 0) is 6.42 Å². The van der Waals surface area contributed by atoms with Crippen molar-refractivity contribution in [1.29, 1.82) is 5.26 Å². The van der Waals surface area contributed by atoms with Crippen molar-refractivity contribution in [2.45, 2.75) is 32.0 Å². The Kier molecular flexibility index (Phi) is 4.43. The van der Waals surface area contributed by atoms with Crippen molar-refractivity contribution < 1.29 is 13.2 Å². The van der Waals surface area contributed by atoms with Crippen molar-refractivity contribution in [2.24, 2.45) is 0 Å². The Morgan fingerprint density at radius 2 is 2.14 bits per heavy atom. The molecule has 0 fully saturated rings. The SMILES string of the molecule is CC(CC(F)(F)F)n1c(CCCl)nc2ccc(C#N)cc21. The van der Waals surface area contributed by atoms with E-state index in [1.807, 2.05) is 6.07 Å². The molecular formula is C14H13ClF3N3. The van der Waals surface area contributed by atoms with E-state index in [-0.39, 0.29) is 5.88 Å². The second-order valence-electron chi connectivity index (χ2n) is 4.82. The van der Waals surface area contributed by atoms with Crippen molar-refractivity contribution in [2.75, 3.05) is 5.88 Å². The van der Waals surface area contributed by atoms with Crippen LogP contribution in [0.2, 0.25) is 0 Å². The van der Waals surface area contributed by atoms with Crippen molar-refractivity contribution in [1.82, 2.24) is 9.55 Å². The highest BCUT2D eigenvalue weighted by atomic mass is 35.5. The summed E-state index contributed by atoms with van der Waals surface area (Å²) in [4.78, 5) is 4.33. The monoisotopic (exact) mass is 315 g/mol. The summed E-state index contributed by atoms with van der Waals surface area (Å²) in [5.41, 5.74) is 1.49. The number of benzene rings is 1. The fourth-order valence-electron chi connectivity index (χ4n) is 2.39. The lowest BCUT2D eigenvalue weighted by molar-refractivity contribution is -0.141. The topological polar surface area (TPSA) is 41.6 Å². The van der Waals surface area contributed by atoms with Crippen molar-refractivity contribution >= 4 is 22.6 Å². The van der Waals surface area contributed by atoms with E-state index in [2.05, 4.69) is 4.98 Å². The maximum atomic E-state index is 12.6. The molecule has 0 aliphatic carbocycles. The molecule has 0 radical (unpaired) electrons. The van der Waals surface area contributed by atoms with Gasteiger partial charge in [0.15, 0.2) is 0 Å². The average molecular weight is 316 g/mol. The zero-order valence-electron chi connectivity index (χ0n) is 11.3. The molecule has 0 spiro atoms. The number of hydrogen-bond donors (Lipinski definition) is 0. The number of rotatable bonds is 4. The quantitative estimate of drug-likeness (QED) is 0.793. The van der Waals surface area contributed by atoms with Crippen LogP contribution in [0.4, 0.5) is 13.2 Å². The summed E-state index contributed by atoms with van der Waals surface area (Å²) in [7, 11) is 0. The number of alkyl halides is 4. The molecule has 0 amide bonds. The van der Waals surface area contributed by atoms with Gasteiger partial charge < -0.3 is 4.57 Å². The minimum atomic E-state index is -4.26. The second kappa shape index (κ2) is 5.94. The lowest BCUT2D eigenvalue weighted by Gasteiger charge is -2.19. The summed E-state index contributed by atoms with van der Waals surface area (Å²) < 4.78 is 39.5. The molecule has 3 nitrogen and oxygen atoms in total. The first kappa shape index (κ1) is 15.6. The van der Waals surface area contributed by atoms with Crippen LogP contribution in [0.25, 0.3) is 11.0 Å². The normalized spacial score (nSPS) is 13.3. The maximum Gasteiger partial charge on any atom is 0.391 e. The molecule has 7 heteroatoms. The first-order valence-corrected chi connectivity index (χ1v) is 6.93. The Labute approximate surface area is 124 Å². The van der Waals surface area contributed by atoms with Gasteiger partial charge in [-0.15, -0.1) is 11.6 Å². The van der Waals surface area contributed by atoms with Gasteiger partial charge in [-0.1, -0.05) is 0 Å². The van der Waals surface area contributed by atoms with Crippen LogP contribution < -0.4 is 0 Å². The number of fused-ring (bicyclic) bond motifs is 1. The fourth-order valence-corrected chi connectivity index (χ4v) is 2.56. The second-order valence-corrected chi connectivity index (χ2v) is 5.20. The molecule has 21 heavy (non-hydrogen) atoms. The Morgan fingerprint density at radius 1 is 1.43 bits per heavy atom. The largest absolute Gasteiger partial charge is 0.391 e. The lowest BCUT2D eigenvalue weighted by Crippen LogP contribution is -2.18. The molecule has 0 aliphatic rings. The number of halogens is 4. The standard InChI is InChI=1S/C14H13ClF3N3/c1-9(7-14(16,17)18)21-12-6-10(8-19)2-3-11(12)20-13(21)4-5-15/h2-3,6,9H,4-5,7H2,1H3. The molecule has 1 atom stereocenters. The number of nitriles is 1. The Bertz CT molecular complexity index is 685. The van der Waals surface area contributed by atoms with Gasteiger partial charge in [0.25, 0.3) is 0 Å². The lowest BCUT2D eigenvalue weighted by atomic mass is 10.2. The van der Waals surface area contributed by atoms with Crippen molar-refractivity contribution in [3.05, 3.63) is 29.6 Å². The van der Waals surface area contributed by atoms with Crippen LogP contribution in [0.5, 0.6) is 0 Å². The molecule has 1 heterocycles. The third-order valence-electron chi connectivity index (χ3n) is 3.18. The zero-order valence-corrected chi connectivity index (χ0v) is 12.0. The van der Waals surface area contributed by atoms with E-state index >= 15 is 0 Å². The highest BCUT2D eigenvalue weighted by Gasteiger charge is 2.32. The van der Waals surface area contributed by atoms with Crippen LogP contribution in [0.15, 0.2) is 18.2 Å². The molecular weight excluding hydrogens is 303 g/mol. The molecule has 1 unspecified atom stereocenters.